The van der Waals surface area contributed by atoms with Crippen molar-refractivity contribution < 1.29 is 9.21 Å². The summed E-state index contributed by atoms with van der Waals surface area (Å²) in [6.07, 6.45) is 3.36. The maximum Gasteiger partial charge on any atom is 0.266 e. The van der Waals surface area contributed by atoms with Gasteiger partial charge in [-0.05, 0) is 36.0 Å². The van der Waals surface area contributed by atoms with Gasteiger partial charge in [0.2, 0.25) is 5.13 Å². The Morgan fingerprint density at radius 3 is 2.70 bits per heavy atom. The fourth-order valence-corrected chi connectivity index (χ4v) is 4.53. The zero-order valence-corrected chi connectivity index (χ0v) is 17.0. The SMILES string of the molecule is CN1C(=O)/C(=C\c2ccc(-c3c(Cl)cccc3Cl)o2)S/C1=N/c1nccs1. The standard InChI is InChI=1S/C18H11Cl2N3O2S2/c1-23-16(24)14(27-18(23)22-17-21-7-8-26-17)9-10-5-6-13(25-10)15-11(19)3-2-4-12(15)20/h2-9H,1H3/b14-9+,22-18+. The van der Waals surface area contributed by atoms with Crippen molar-refractivity contribution >= 4 is 68.6 Å². The van der Waals surface area contributed by atoms with Crippen LogP contribution in [-0.2, 0) is 4.79 Å². The molecule has 27 heavy (non-hydrogen) atoms. The van der Waals surface area contributed by atoms with Crippen LogP contribution in [0.15, 0.2) is 56.2 Å². The predicted molar refractivity (Wildman–Crippen MR) is 112 cm³/mol. The Morgan fingerprint density at radius 2 is 2.00 bits per heavy atom. The quantitative estimate of drug-likeness (QED) is 0.477. The number of hydrogen-bond donors (Lipinski definition) is 0. The fraction of sp³-hybridized carbons (Fsp3) is 0.0556. The van der Waals surface area contributed by atoms with Gasteiger partial charge in [-0.25, -0.2) is 4.98 Å². The average molecular weight is 436 g/mol. The number of rotatable bonds is 3. The molecule has 0 unspecified atom stereocenters. The number of aliphatic imine (C=N–C) groups is 1. The van der Waals surface area contributed by atoms with Gasteiger partial charge in [-0.15, -0.1) is 11.3 Å². The molecule has 4 rings (SSSR count). The van der Waals surface area contributed by atoms with Crippen LogP contribution < -0.4 is 0 Å². The van der Waals surface area contributed by atoms with Gasteiger partial charge in [-0.3, -0.25) is 9.69 Å². The maximum absolute atomic E-state index is 12.5. The Kier molecular flexibility index (Phi) is 5.10. The smallest absolute Gasteiger partial charge is 0.266 e. The van der Waals surface area contributed by atoms with Crippen LogP contribution in [0.4, 0.5) is 5.13 Å². The van der Waals surface area contributed by atoms with Crippen molar-refractivity contribution in [1.82, 2.24) is 9.88 Å². The molecule has 0 aliphatic carbocycles. The van der Waals surface area contributed by atoms with E-state index in [4.69, 9.17) is 27.6 Å². The number of carbonyl (C=O) groups is 1. The topological polar surface area (TPSA) is 58.7 Å². The van der Waals surface area contributed by atoms with E-state index >= 15 is 0 Å². The summed E-state index contributed by atoms with van der Waals surface area (Å²) in [4.78, 5) is 23.0. The molecule has 0 radical (unpaired) electrons. The second kappa shape index (κ2) is 7.52. The number of amidine groups is 1. The first-order valence-electron chi connectivity index (χ1n) is 7.73. The number of likely N-dealkylation sites (N-methyl/N-ethyl adjacent to an activating group) is 1. The molecule has 0 bridgehead atoms. The Balaban J connectivity index is 1.63. The number of aromatic nitrogens is 1. The van der Waals surface area contributed by atoms with E-state index in [9.17, 15) is 4.79 Å². The number of halogens is 2. The first kappa shape index (κ1) is 18.3. The summed E-state index contributed by atoms with van der Waals surface area (Å²) in [5, 5.41) is 4.01. The maximum atomic E-state index is 12.5. The fourth-order valence-electron chi connectivity index (χ4n) is 2.43. The highest BCUT2D eigenvalue weighted by molar-refractivity contribution is 8.18. The number of carbonyl (C=O) groups excluding carboxylic acids is 1. The third kappa shape index (κ3) is 3.68. The summed E-state index contributed by atoms with van der Waals surface area (Å²) in [6.45, 7) is 0. The zero-order chi connectivity index (χ0) is 19.0. The van der Waals surface area contributed by atoms with Gasteiger partial charge in [-0.1, -0.05) is 29.3 Å². The minimum absolute atomic E-state index is 0.149. The van der Waals surface area contributed by atoms with Crippen molar-refractivity contribution in [3.63, 3.8) is 0 Å². The first-order valence-corrected chi connectivity index (χ1v) is 10.2. The molecule has 1 fully saturated rings. The summed E-state index contributed by atoms with van der Waals surface area (Å²) in [6, 6.07) is 8.81. The number of thioether (sulfide) groups is 1. The summed E-state index contributed by atoms with van der Waals surface area (Å²) in [5.74, 6) is 0.919. The molecule has 2 aromatic heterocycles. The van der Waals surface area contributed by atoms with Crippen LogP contribution in [0.3, 0.4) is 0 Å². The molecule has 3 aromatic rings. The molecule has 0 atom stereocenters. The third-order valence-electron chi connectivity index (χ3n) is 3.72. The molecule has 9 heteroatoms. The summed E-state index contributed by atoms with van der Waals surface area (Å²) in [5.41, 5.74) is 0.624. The molecule has 1 aliphatic heterocycles. The summed E-state index contributed by atoms with van der Waals surface area (Å²) >= 11 is 15.1. The Labute approximate surface area is 173 Å². The van der Waals surface area contributed by atoms with Gasteiger partial charge in [-0.2, -0.15) is 4.99 Å². The molecule has 0 spiro atoms. The van der Waals surface area contributed by atoms with E-state index in [0.29, 0.717) is 42.3 Å². The highest BCUT2D eigenvalue weighted by atomic mass is 35.5. The van der Waals surface area contributed by atoms with Crippen molar-refractivity contribution in [2.75, 3.05) is 7.05 Å². The number of amides is 1. The van der Waals surface area contributed by atoms with E-state index in [2.05, 4.69) is 9.98 Å². The normalized spacial score (nSPS) is 17.4. The second-order valence-corrected chi connectivity index (χ2v) is 8.18. The van der Waals surface area contributed by atoms with Gasteiger partial charge in [0.25, 0.3) is 5.91 Å². The highest BCUT2D eigenvalue weighted by Crippen LogP contribution is 2.37. The van der Waals surface area contributed by atoms with Gasteiger partial charge in [0.05, 0.1) is 20.5 Å². The largest absolute Gasteiger partial charge is 0.457 e. The lowest BCUT2D eigenvalue weighted by Gasteiger charge is -2.05. The lowest BCUT2D eigenvalue weighted by atomic mass is 10.2. The number of hydrogen-bond acceptors (Lipinski definition) is 6. The average Bonchev–Trinajstić information content (AvgIpc) is 3.36. The molecule has 0 N–H and O–H groups in total. The number of furan rings is 1. The van der Waals surface area contributed by atoms with Crippen molar-refractivity contribution in [1.29, 1.82) is 0 Å². The zero-order valence-electron chi connectivity index (χ0n) is 13.8. The predicted octanol–water partition coefficient (Wildman–Crippen LogP) is 5.94. The van der Waals surface area contributed by atoms with Crippen LogP contribution in [0.25, 0.3) is 17.4 Å². The van der Waals surface area contributed by atoms with Crippen LogP contribution in [-0.4, -0.2) is 28.0 Å². The Bertz CT molecular complexity index is 1050. The lowest BCUT2D eigenvalue weighted by molar-refractivity contribution is -0.121. The van der Waals surface area contributed by atoms with Gasteiger partial charge < -0.3 is 4.42 Å². The molecule has 1 aliphatic rings. The van der Waals surface area contributed by atoms with Crippen molar-refractivity contribution in [3.8, 4) is 11.3 Å². The lowest BCUT2D eigenvalue weighted by Crippen LogP contribution is -2.23. The van der Waals surface area contributed by atoms with Crippen molar-refractivity contribution in [3.05, 3.63) is 62.6 Å². The van der Waals surface area contributed by atoms with Crippen molar-refractivity contribution in [2.24, 2.45) is 4.99 Å². The van der Waals surface area contributed by atoms with Gasteiger partial charge in [0.1, 0.15) is 11.5 Å². The highest BCUT2D eigenvalue weighted by Gasteiger charge is 2.31. The van der Waals surface area contributed by atoms with Crippen LogP contribution in [0, 0.1) is 0 Å². The van der Waals surface area contributed by atoms with E-state index in [-0.39, 0.29) is 5.91 Å². The summed E-state index contributed by atoms with van der Waals surface area (Å²) in [7, 11) is 1.68. The molecule has 0 saturated carbocycles. The number of benzene rings is 1. The van der Waals surface area contributed by atoms with E-state index in [1.807, 2.05) is 5.38 Å². The number of nitrogens with zero attached hydrogens (tertiary/aromatic N) is 3. The molecule has 5 nitrogen and oxygen atoms in total. The van der Waals surface area contributed by atoms with Crippen LogP contribution in [0.1, 0.15) is 5.76 Å². The molecular formula is C18H11Cl2N3O2S2. The minimum atomic E-state index is -0.149. The molecule has 1 amide bonds. The second-order valence-electron chi connectivity index (χ2n) is 5.48. The van der Waals surface area contributed by atoms with Crippen LogP contribution in [0.2, 0.25) is 10.0 Å². The van der Waals surface area contributed by atoms with Gasteiger partial charge in [0.15, 0.2) is 5.17 Å². The van der Waals surface area contributed by atoms with Crippen LogP contribution >= 0.6 is 46.3 Å². The Morgan fingerprint density at radius 1 is 1.22 bits per heavy atom. The first-order chi connectivity index (χ1) is 13.0. The van der Waals surface area contributed by atoms with Gasteiger partial charge in [0, 0.05) is 24.7 Å². The molecule has 1 aromatic carbocycles. The van der Waals surface area contributed by atoms with E-state index in [1.54, 1.807) is 49.7 Å². The molecular weight excluding hydrogens is 425 g/mol. The number of thiazole rings is 1. The molecule has 3 heterocycles. The third-order valence-corrected chi connectivity index (χ3v) is 6.08. The monoisotopic (exact) mass is 435 g/mol. The summed E-state index contributed by atoms with van der Waals surface area (Å²) < 4.78 is 5.84. The van der Waals surface area contributed by atoms with E-state index < -0.39 is 0 Å². The van der Waals surface area contributed by atoms with Crippen LogP contribution in [0.5, 0.6) is 0 Å². The van der Waals surface area contributed by atoms with Gasteiger partial charge >= 0.3 is 0 Å². The Hall–Kier alpha value is -2.06. The molecule has 1 saturated heterocycles. The van der Waals surface area contributed by atoms with Crippen molar-refractivity contribution in [2.45, 2.75) is 0 Å². The van der Waals surface area contributed by atoms with E-state index in [1.165, 1.54) is 28.0 Å². The molecule has 136 valence electrons. The van der Waals surface area contributed by atoms with E-state index in [0.717, 1.165) is 0 Å². The minimum Gasteiger partial charge on any atom is -0.457 e.